The lowest BCUT2D eigenvalue weighted by Crippen LogP contribution is -2.37. The molecule has 98 valence electrons. The number of amides is 1. The quantitative estimate of drug-likeness (QED) is 0.897. The molecule has 1 saturated heterocycles. The van der Waals surface area contributed by atoms with Gasteiger partial charge in [0.2, 0.25) is 0 Å². The Bertz CT molecular complexity index is 478. The zero-order valence-corrected chi connectivity index (χ0v) is 10.9. The molecule has 3 nitrogen and oxygen atoms in total. The van der Waals surface area contributed by atoms with Crippen LogP contribution in [0.4, 0.5) is 4.39 Å². The zero-order valence-electron chi connectivity index (χ0n) is 10.1. The summed E-state index contributed by atoms with van der Waals surface area (Å²) >= 11 is 5.92. The number of rotatable bonds is 2. The summed E-state index contributed by atoms with van der Waals surface area (Å²) < 4.78 is 13.3. The van der Waals surface area contributed by atoms with Crippen LogP contribution in [0.1, 0.15) is 28.8 Å². The van der Waals surface area contributed by atoms with Crippen molar-refractivity contribution in [1.29, 1.82) is 0 Å². The van der Waals surface area contributed by atoms with E-state index < -0.39 is 5.82 Å². The van der Waals surface area contributed by atoms with Crippen LogP contribution in [0.2, 0.25) is 5.02 Å². The van der Waals surface area contributed by atoms with Gasteiger partial charge < -0.3 is 10.0 Å². The molecule has 0 bridgehead atoms. The number of likely N-dealkylation sites (tertiary alicyclic amines) is 1. The maximum Gasteiger partial charge on any atom is 0.255 e. The fraction of sp³-hybridized carbons (Fsp3) is 0.462. The normalized spacial score (nSPS) is 19.3. The summed E-state index contributed by atoms with van der Waals surface area (Å²) in [5.41, 5.74) is 0.693. The van der Waals surface area contributed by atoms with Gasteiger partial charge >= 0.3 is 0 Å². The fourth-order valence-corrected chi connectivity index (χ4v) is 2.50. The Labute approximate surface area is 110 Å². The van der Waals surface area contributed by atoms with E-state index in [4.69, 9.17) is 11.6 Å². The summed E-state index contributed by atoms with van der Waals surface area (Å²) in [6, 6.07) is 2.47. The molecular weight excluding hydrogens is 257 g/mol. The molecule has 1 amide bonds. The third-order valence-corrected chi connectivity index (χ3v) is 3.64. The van der Waals surface area contributed by atoms with E-state index in [2.05, 4.69) is 0 Å². The molecule has 1 fully saturated rings. The second-order valence-electron chi connectivity index (χ2n) is 4.56. The van der Waals surface area contributed by atoms with Gasteiger partial charge in [0.15, 0.2) is 0 Å². The van der Waals surface area contributed by atoms with Gasteiger partial charge in [-0.1, -0.05) is 11.6 Å². The van der Waals surface area contributed by atoms with Gasteiger partial charge in [-0.25, -0.2) is 4.39 Å². The van der Waals surface area contributed by atoms with E-state index in [0.717, 1.165) is 18.9 Å². The summed E-state index contributed by atoms with van der Waals surface area (Å²) in [7, 11) is 0. The van der Waals surface area contributed by atoms with Crippen LogP contribution < -0.4 is 0 Å². The van der Waals surface area contributed by atoms with E-state index in [1.807, 2.05) is 0 Å². The Morgan fingerprint density at radius 3 is 3.00 bits per heavy atom. The van der Waals surface area contributed by atoms with Crippen LogP contribution >= 0.6 is 11.6 Å². The molecule has 1 aliphatic rings. The summed E-state index contributed by atoms with van der Waals surface area (Å²) in [6.07, 6.45) is 1.66. The van der Waals surface area contributed by atoms with Crippen LogP contribution in [-0.4, -0.2) is 35.1 Å². The summed E-state index contributed by atoms with van der Waals surface area (Å²) in [4.78, 5) is 13.9. The largest absolute Gasteiger partial charge is 0.394 e. The van der Waals surface area contributed by atoms with Crippen molar-refractivity contribution >= 4 is 17.5 Å². The molecule has 5 heteroatoms. The number of carbonyl (C=O) groups is 1. The first-order chi connectivity index (χ1) is 8.54. The van der Waals surface area contributed by atoms with Gasteiger partial charge in [-0.15, -0.1) is 0 Å². The smallest absolute Gasteiger partial charge is 0.255 e. The van der Waals surface area contributed by atoms with Gasteiger partial charge in [0.25, 0.3) is 5.91 Å². The molecule has 0 spiro atoms. The number of carbonyl (C=O) groups excluding carboxylic acids is 1. The highest BCUT2D eigenvalue weighted by molar-refractivity contribution is 6.33. The van der Waals surface area contributed by atoms with Gasteiger partial charge in [0.05, 0.1) is 23.2 Å². The molecule has 1 aromatic carbocycles. The van der Waals surface area contributed by atoms with E-state index in [0.29, 0.717) is 17.7 Å². The first kappa shape index (κ1) is 13.3. The van der Waals surface area contributed by atoms with Crippen LogP contribution in [0, 0.1) is 12.7 Å². The molecule has 0 aliphatic carbocycles. The predicted octanol–water partition coefficient (Wildman–Crippen LogP) is 2.38. The van der Waals surface area contributed by atoms with Crippen LogP contribution in [0.15, 0.2) is 12.1 Å². The maximum atomic E-state index is 13.3. The van der Waals surface area contributed by atoms with Crippen LogP contribution in [0.5, 0.6) is 0 Å². The van der Waals surface area contributed by atoms with Crippen molar-refractivity contribution in [3.63, 3.8) is 0 Å². The van der Waals surface area contributed by atoms with E-state index >= 15 is 0 Å². The second-order valence-corrected chi connectivity index (χ2v) is 4.97. The molecule has 1 heterocycles. The van der Waals surface area contributed by atoms with Crippen LogP contribution in [0.3, 0.4) is 0 Å². The second kappa shape index (κ2) is 5.24. The SMILES string of the molecule is Cc1cc(C(=O)N2CCC[C@H]2CO)c(Cl)cc1F. The van der Waals surface area contributed by atoms with Gasteiger partial charge in [-0.3, -0.25) is 4.79 Å². The molecule has 0 saturated carbocycles. The van der Waals surface area contributed by atoms with Gasteiger partial charge in [0, 0.05) is 6.54 Å². The lowest BCUT2D eigenvalue weighted by molar-refractivity contribution is 0.0677. The van der Waals surface area contributed by atoms with Crippen molar-refractivity contribution in [1.82, 2.24) is 4.90 Å². The van der Waals surface area contributed by atoms with Gasteiger partial charge in [-0.05, 0) is 37.5 Å². The lowest BCUT2D eigenvalue weighted by atomic mass is 10.1. The third kappa shape index (κ3) is 2.35. The van der Waals surface area contributed by atoms with Gasteiger partial charge in [-0.2, -0.15) is 0 Å². The summed E-state index contributed by atoms with van der Waals surface area (Å²) in [6.45, 7) is 2.15. The molecule has 1 atom stereocenters. The first-order valence-corrected chi connectivity index (χ1v) is 6.30. The lowest BCUT2D eigenvalue weighted by Gasteiger charge is -2.23. The Morgan fingerprint density at radius 1 is 1.61 bits per heavy atom. The molecule has 0 aromatic heterocycles. The van der Waals surface area contributed by atoms with E-state index in [1.54, 1.807) is 11.8 Å². The highest BCUT2D eigenvalue weighted by Gasteiger charge is 2.30. The molecule has 1 aromatic rings. The first-order valence-electron chi connectivity index (χ1n) is 5.92. The number of halogens is 2. The van der Waals surface area contributed by atoms with Crippen molar-refractivity contribution in [3.8, 4) is 0 Å². The minimum absolute atomic E-state index is 0.0520. The molecule has 0 radical (unpaired) electrons. The van der Waals surface area contributed by atoms with Gasteiger partial charge in [0.1, 0.15) is 5.82 Å². The standard InChI is InChI=1S/C13H15ClFNO2/c1-8-5-10(11(14)6-12(8)15)13(18)16-4-2-3-9(16)7-17/h5-6,9,17H,2-4,7H2,1H3/t9-/m0/s1. The third-order valence-electron chi connectivity index (χ3n) is 3.33. The zero-order chi connectivity index (χ0) is 13.3. The predicted molar refractivity (Wildman–Crippen MR) is 67.3 cm³/mol. The number of aryl methyl sites for hydroxylation is 1. The topological polar surface area (TPSA) is 40.5 Å². The van der Waals surface area contributed by atoms with Crippen LogP contribution in [-0.2, 0) is 0 Å². The summed E-state index contributed by atoms with van der Waals surface area (Å²) in [5.74, 6) is -0.656. The van der Waals surface area contributed by atoms with Crippen molar-refractivity contribution in [2.45, 2.75) is 25.8 Å². The average Bonchev–Trinajstić information content (AvgIpc) is 2.81. The number of aliphatic hydroxyl groups is 1. The molecule has 2 rings (SSSR count). The maximum absolute atomic E-state index is 13.3. The van der Waals surface area contributed by atoms with E-state index in [9.17, 15) is 14.3 Å². The highest BCUT2D eigenvalue weighted by atomic mass is 35.5. The van der Waals surface area contributed by atoms with Crippen molar-refractivity contribution in [2.75, 3.05) is 13.2 Å². The van der Waals surface area contributed by atoms with Crippen molar-refractivity contribution in [3.05, 3.63) is 34.1 Å². The highest BCUT2D eigenvalue weighted by Crippen LogP contribution is 2.25. The molecule has 1 N–H and O–H groups in total. The minimum Gasteiger partial charge on any atom is -0.394 e. The number of hydrogen-bond donors (Lipinski definition) is 1. The summed E-state index contributed by atoms with van der Waals surface area (Å²) in [5, 5.41) is 9.33. The minimum atomic E-state index is -0.420. The number of nitrogens with zero attached hydrogens (tertiary/aromatic N) is 1. The Hall–Kier alpha value is -1.13. The van der Waals surface area contributed by atoms with Crippen molar-refractivity contribution < 1.29 is 14.3 Å². The average molecular weight is 272 g/mol. The number of hydrogen-bond acceptors (Lipinski definition) is 2. The van der Waals surface area contributed by atoms with Crippen molar-refractivity contribution in [2.24, 2.45) is 0 Å². The van der Waals surface area contributed by atoms with Crippen LogP contribution in [0.25, 0.3) is 0 Å². The number of aliphatic hydroxyl groups excluding tert-OH is 1. The Balaban J connectivity index is 2.31. The monoisotopic (exact) mass is 271 g/mol. The van der Waals surface area contributed by atoms with E-state index in [1.165, 1.54) is 6.07 Å². The molecule has 0 unspecified atom stereocenters. The Kier molecular flexibility index (Phi) is 3.88. The molecule has 1 aliphatic heterocycles. The molecular formula is C13H15ClFNO2. The molecule has 18 heavy (non-hydrogen) atoms. The van der Waals surface area contributed by atoms with E-state index in [-0.39, 0.29) is 23.6 Å². The number of benzene rings is 1. The fourth-order valence-electron chi connectivity index (χ4n) is 2.27. The Morgan fingerprint density at radius 2 is 2.33 bits per heavy atom.